The molecule has 24 heavy (non-hydrogen) atoms. The van der Waals surface area contributed by atoms with Crippen LogP contribution in [0.2, 0.25) is 0 Å². The maximum atomic E-state index is 11.3. The van der Waals surface area contributed by atoms with E-state index in [1.165, 1.54) is 17.5 Å². The Labute approximate surface area is 166 Å². The molecule has 0 unspecified atom stereocenters. The highest BCUT2D eigenvalue weighted by atomic mass is 127. The van der Waals surface area contributed by atoms with Crippen molar-refractivity contribution in [1.29, 1.82) is 0 Å². The number of hydrogen-bond donors (Lipinski definition) is 2. The smallest absolute Gasteiger partial charge is 0.130 e. The maximum Gasteiger partial charge on any atom is 0.130 e. The Kier molecular flexibility index (Phi) is 4.33. The molecule has 2 fully saturated rings. The van der Waals surface area contributed by atoms with Crippen molar-refractivity contribution in [2.24, 2.45) is 17.3 Å². The van der Waals surface area contributed by atoms with Crippen molar-refractivity contribution in [3.05, 3.63) is 37.9 Å². The lowest BCUT2D eigenvalue weighted by Crippen LogP contribution is -2.49. The first-order chi connectivity index (χ1) is 11.4. The van der Waals surface area contributed by atoms with Gasteiger partial charge in [0.1, 0.15) is 5.75 Å². The third kappa shape index (κ3) is 2.35. The van der Waals surface area contributed by atoms with Crippen molar-refractivity contribution in [3.63, 3.8) is 0 Å². The minimum Gasteiger partial charge on any atom is -0.507 e. The Balaban J connectivity index is 1.72. The monoisotopic (exact) mass is 502 g/mol. The van der Waals surface area contributed by atoms with E-state index in [-0.39, 0.29) is 5.41 Å². The van der Waals surface area contributed by atoms with Gasteiger partial charge in [0.15, 0.2) is 0 Å². The van der Waals surface area contributed by atoms with Gasteiger partial charge in [0, 0.05) is 5.41 Å². The third-order valence-corrected chi connectivity index (χ3v) is 8.34. The van der Waals surface area contributed by atoms with E-state index in [2.05, 4.69) is 51.5 Å². The van der Waals surface area contributed by atoms with Crippen LogP contribution in [0.5, 0.6) is 5.75 Å². The zero-order valence-electron chi connectivity index (χ0n) is 13.9. The predicted molar refractivity (Wildman–Crippen MR) is 109 cm³/mol. The summed E-state index contributed by atoms with van der Waals surface area (Å²) in [4.78, 5) is 0. The molecule has 4 rings (SSSR count). The molecule has 0 aliphatic heterocycles. The second-order valence-electron chi connectivity index (χ2n) is 8.13. The van der Waals surface area contributed by atoms with Crippen LogP contribution in [-0.2, 0) is 6.42 Å². The standard InChI is InChI=1S/C20H24BrIO2/c1-19-6-4-13-14(16(19)5-7-20(19,24)8-9-22)3-2-12-10-18(23)17(21)11-15(12)13/h8-11,13-14,16,23-24H,2-7H2,1H3/b9-8-/t13-,14+,16-,19-,20-/m0/s1. The molecular formula is C20H24BrIO2. The van der Waals surface area contributed by atoms with Crippen LogP contribution in [0.4, 0.5) is 0 Å². The van der Waals surface area contributed by atoms with Crippen LogP contribution >= 0.6 is 38.5 Å². The summed E-state index contributed by atoms with van der Waals surface area (Å²) < 4.78 is 2.80. The van der Waals surface area contributed by atoms with E-state index in [0.29, 0.717) is 23.5 Å². The molecule has 0 amide bonds. The molecule has 2 N–H and O–H groups in total. The van der Waals surface area contributed by atoms with Crippen molar-refractivity contribution in [1.82, 2.24) is 0 Å². The van der Waals surface area contributed by atoms with Crippen LogP contribution < -0.4 is 0 Å². The number of fused-ring (bicyclic) bond motifs is 5. The number of aryl methyl sites for hydroxylation is 1. The van der Waals surface area contributed by atoms with E-state index in [1.807, 2.05) is 16.2 Å². The van der Waals surface area contributed by atoms with Crippen molar-refractivity contribution < 1.29 is 10.2 Å². The van der Waals surface area contributed by atoms with Crippen molar-refractivity contribution in [2.75, 3.05) is 0 Å². The van der Waals surface area contributed by atoms with Gasteiger partial charge in [-0.1, -0.05) is 29.5 Å². The highest BCUT2D eigenvalue weighted by Crippen LogP contribution is 2.64. The van der Waals surface area contributed by atoms with Crippen molar-refractivity contribution >= 4 is 38.5 Å². The number of halogens is 2. The molecule has 3 aliphatic carbocycles. The van der Waals surface area contributed by atoms with E-state index in [4.69, 9.17) is 0 Å². The molecule has 0 aromatic heterocycles. The highest BCUT2D eigenvalue weighted by Gasteiger charge is 2.60. The van der Waals surface area contributed by atoms with Gasteiger partial charge >= 0.3 is 0 Å². The summed E-state index contributed by atoms with van der Waals surface area (Å²) in [6.45, 7) is 2.32. The summed E-state index contributed by atoms with van der Waals surface area (Å²) in [7, 11) is 0. The van der Waals surface area contributed by atoms with Gasteiger partial charge < -0.3 is 10.2 Å². The third-order valence-electron chi connectivity index (χ3n) is 7.35. The lowest BCUT2D eigenvalue weighted by molar-refractivity contribution is -0.0708. The van der Waals surface area contributed by atoms with Gasteiger partial charge in [0.05, 0.1) is 10.1 Å². The molecule has 0 radical (unpaired) electrons. The molecule has 130 valence electrons. The summed E-state index contributed by atoms with van der Waals surface area (Å²) in [5.41, 5.74) is 2.11. The lowest BCUT2D eigenvalue weighted by Gasteiger charge is -2.52. The molecule has 2 nitrogen and oxygen atoms in total. The first-order valence-corrected chi connectivity index (χ1v) is 10.9. The minimum atomic E-state index is -0.639. The number of rotatable bonds is 1. The summed E-state index contributed by atoms with van der Waals surface area (Å²) in [5, 5.41) is 21.3. The van der Waals surface area contributed by atoms with Crippen LogP contribution in [0.3, 0.4) is 0 Å². The van der Waals surface area contributed by atoms with Crippen LogP contribution in [-0.4, -0.2) is 15.8 Å². The van der Waals surface area contributed by atoms with Gasteiger partial charge in [-0.2, -0.15) is 0 Å². The lowest BCUT2D eigenvalue weighted by atomic mass is 9.53. The van der Waals surface area contributed by atoms with Gasteiger partial charge in [-0.05, 0) is 106 Å². The summed E-state index contributed by atoms with van der Waals surface area (Å²) in [6, 6.07) is 4.10. The van der Waals surface area contributed by atoms with E-state index < -0.39 is 5.60 Å². The normalized spacial score (nSPS) is 41.1. The van der Waals surface area contributed by atoms with Crippen LogP contribution in [0.1, 0.15) is 56.1 Å². The van der Waals surface area contributed by atoms with Crippen LogP contribution in [0.25, 0.3) is 0 Å². The largest absolute Gasteiger partial charge is 0.507 e. The molecule has 0 saturated heterocycles. The fourth-order valence-electron chi connectivity index (χ4n) is 6.01. The Morgan fingerprint density at radius 3 is 2.79 bits per heavy atom. The number of benzene rings is 1. The number of aromatic hydroxyl groups is 1. The topological polar surface area (TPSA) is 40.5 Å². The molecule has 2 saturated carbocycles. The first-order valence-electron chi connectivity index (χ1n) is 8.91. The Hall–Kier alpha value is -0.0700. The highest BCUT2D eigenvalue weighted by molar-refractivity contribution is 14.1. The molecular weight excluding hydrogens is 479 g/mol. The van der Waals surface area contributed by atoms with Gasteiger partial charge in [0.25, 0.3) is 0 Å². The minimum absolute atomic E-state index is 0.00148. The van der Waals surface area contributed by atoms with Gasteiger partial charge in [-0.25, -0.2) is 0 Å². The van der Waals surface area contributed by atoms with E-state index in [1.54, 1.807) is 0 Å². The van der Waals surface area contributed by atoms with E-state index >= 15 is 0 Å². The average molecular weight is 503 g/mol. The Bertz CT molecular complexity index is 703. The second-order valence-corrected chi connectivity index (χ2v) is 9.70. The van der Waals surface area contributed by atoms with E-state index in [0.717, 1.165) is 36.6 Å². The molecule has 0 heterocycles. The fourth-order valence-corrected chi connectivity index (χ4v) is 6.97. The molecule has 1 aromatic carbocycles. The number of hydrogen-bond acceptors (Lipinski definition) is 2. The fraction of sp³-hybridized carbons (Fsp3) is 0.600. The van der Waals surface area contributed by atoms with Gasteiger partial charge in [-0.3, -0.25) is 0 Å². The van der Waals surface area contributed by atoms with Crippen LogP contribution in [0.15, 0.2) is 26.8 Å². The second kappa shape index (κ2) is 5.98. The Morgan fingerprint density at radius 1 is 1.25 bits per heavy atom. The molecule has 3 aliphatic rings. The average Bonchev–Trinajstić information content (AvgIpc) is 2.81. The quantitative estimate of drug-likeness (QED) is 0.484. The summed E-state index contributed by atoms with van der Waals surface area (Å²) >= 11 is 5.73. The number of aliphatic hydroxyl groups is 1. The zero-order chi connectivity index (χ0) is 17.1. The molecule has 4 heteroatoms. The summed E-state index contributed by atoms with van der Waals surface area (Å²) in [6.07, 6.45) is 8.51. The Morgan fingerprint density at radius 2 is 2.04 bits per heavy atom. The maximum absolute atomic E-state index is 11.3. The molecule has 1 aromatic rings. The van der Waals surface area contributed by atoms with Crippen molar-refractivity contribution in [2.45, 2.75) is 57.0 Å². The van der Waals surface area contributed by atoms with E-state index in [9.17, 15) is 10.2 Å². The predicted octanol–water partition coefficient (Wildman–Crippen LogP) is 5.69. The summed E-state index contributed by atoms with van der Waals surface area (Å²) in [5.74, 6) is 2.18. The van der Waals surface area contributed by atoms with Crippen LogP contribution in [0, 0.1) is 17.3 Å². The molecule has 0 spiro atoms. The number of phenols is 1. The zero-order valence-corrected chi connectivity index (χ0v) is 17.7. The first kappa shape index (κ1) is 17.3. The number of phenolic OH excluding ortho intramolecular Hbond substituents is 1. The molecule has 0 bridgehead atoms. The van der Waals surface area contributed by atoms with Crippen molar-refractivity contribution in [3.8, 4) is 5.75 Å². The van der Waals surface area contributed by atoms with Gasteiger partial charge in [-0.15, -0.1) is 0 Å². The SMILES string of the molecule is C[C@]12CC[C@@H]3c4cc(Br)c(O)cc4CC[C@H]3[C@@H]1CC[C@]2(O)/C=C\I. The molecule has 5 atom stereocenters. The van der Waals surface area contributed by atoms with Gasteiger partial charge in [0.2, 0.25) is 0 Å².